The van der Waals surface area contributed by atoms with Crippen LogP contribution < -0.4 is 0 Å². The van der Waals surface area contributed by atoms with Gasteiger partial charge in [0.15, 0.2) is 0 Å². The highest BCUT2D eigenvalue weighted by atomic mass is 16.6. The minimum atomic E-state index is -1.00. The minimum absolute atomic E-state index is 0.185. The Bertz CT molecular complexity index is 806. The van der Waals surface area contributed by atoms with Crippen molar-refractivity contribution in [3.8, 4) is 0 Å². The van der Waals surface area contributed by atoms with Crippen LogP contribution in [0.5, 0.6) is 0 Å². The van der Waals surface area contributed by atoms with E-state index in [9.17, 15) is 14.4 Å². The first-order chi connectivity index (χ1) is 13.1. The summed E-state index contributed by atoms with van der Waals surface area (Å²) >= 11 is 0. The van der Waals surface area contributed by atoms with Gasteiger partial charge >= 0.3 is 17.9 Å². The number of rotatable bonds is 4. The smallest absolute Gasteiger partial charge is 0.331 e. The van der Waals surface area contributed by atoms with E-state index in [0.717, 1.165) is 6.42 Å². The van der Waals surface area contributed by atoms with Gasteiger partial charge in [-0.3, -0.25) is 9.59 Å². The maximum Gasteiger partial charge on any atom is 0.331 e. The fourth-order valence-electron chi connectivity index (χ4n) is 5.25. The molecule has 1 heterocycles. The number of allylic oxidation sites excluding steroid dienone is 4. The number of carbonyl (C=O) groups excluding carboxylic acids is 2. The molecule has 2 fully saturated rings. The molecule has 2 bridgehead atoms. The van der Waals surface area contributed by atoms with Crippen LogP contribution in [0.1, 0.15) is 59.8 Å². The zero-order valence-corrected chi connectivity index (χ0v) is 16.9. The Balaban J connectivity index is 2.07. The first-order valence-corrected chi connectivity index (χ1v) is 9.74. The molecule has 3 aliphatic rings. The molecule has 0 aromatic rings. The normalized spacial score (nSPS) is 37.7. The Kier molecular flexibility index (Phi) is 5.02. The standard InChI is InChI=1S/C22H28O6/c1-14-7-11-21-12-9-17(22(21,13-8-14)27-16(3)23)20(4,28-19(21)26)10-5-6-15(2)18(24)25/h5-7,10,17H,8-9,11-13H2,1-4H3,(H,24,25)/t17-,20-,21+,22+/m0/s1. The van der Waals surface area contributed by atoms with Crippen LogP contribution in [-0.2, 0) is 23.9 Å². The maximum atomic E-state index is 13.3. The van der Waals surface area contributed by atoms with Crippen molar-refractivity contribution in [2.24, 2.45) is 11.3 Å². The van der Waals surface area contributed by atoms with Gasteiger partial charge in [-0.15, -0.1) is 0 Å². The quantitative estimate of drug-likeness (QED) is 0.342. The SMILES string of the molecule is CC(=O)O[C@@]12CCC(C)=CC[C@]13CC[C@H]2[C@](C)(C=CC=C(C)C(=O)O)OC3=O. The number of esters is 2. The summed E-state index contributed by atoms with van der Waals surface area (Å²) in [5.74, 6) is -1.91. The highest BCUT2D eigenvalue weighted by Crippen LogP contribution is 2.65. The summed E-state index contributed by atoms with van der Waals surface area (Å²) in [6.07, 6.45) is 10.1. The molecule has 0 radical (unpaired) electrons. The van der Waals surface area contributed by atoms with E-state index in [-0.39, 0.29) is 17.5 Å². The fourth-order valence-corrected chi connectivity index (χ4v) is 5.25. The van der Waals surface area contributed by atoms with Gasteiger partial charge in [0, 0.05) is 18.4 Å². The Labute approximate surface area is 165 Å². The van der Waals surface area contributed by atoms with Gasteiger partial charge in [0.05, 0.1) is 0 Å². The van der Waals surface area contributed by atoms with Gasteiger partial charge in [0.25, 0.3) is 0 Å². The number of carbonyl (C=O) groups is 3. The summed E-state index contributed by atoms with van der Waals surface area (Å²) in [6, 6.07) is 0. The molecule has 1 aliphatic heterocycles. The van der Waals surface area contributed by atoms with Gasteiger partial charge in [0.2, 0.25) is 0 Å². The van der Waals surface area contributed by atoms with E-state index in [0.29, 0.717) is 25.7 Å². The van der Waals surface area contributed by atoms with Crippen LogP contribution in [0.3, 0.4) is 0 Å². The van der Waals surface area contributed by atoms with Gasteiger partial charge in [-0.05, 0) is 59.0 Å². The van der Waals surface area contributed by atoms with Gasteiger partial charge in [-0.25, -0.2) is 4.79 Å². The molecular weight excluding hydrogens is 360 g/mol. The Morgan fingerprint density at radius 1 is 1.32 bits per heavy atom. The molecule has 3 rings (SSSR count). The Morgan fingerprint density at radius 3 is 2.68 bits per heavy atom. The van der Waals surface area contributed by atoms with Crippen molar-refractivity contribution in [3.63, 3.8) is 0 Å². The summed E-state index contributed by atoms with van der Waals surface area (Å²) < 4.78 is 11.9. The topological polar surface area (TPSA) is 89.9 Å². The second-order valence-corrected chi connectivity index (χ2v) is 8.50. The van der Waals surface area contributed by atoms with Gasteiger partial charge in [-0.2, -0.15) is 0 Å². The van der Waals surface area contributed by atoms with Crippen LogP contribution in [-0.4, -0.2) is 34.2 Å². The molecule has 0 aromatic heterocycles. The lowest BCUT2D eigenvalue weighted by Gasteiger charge is -2.54. The van der Waals surface area contributed by atoms with Crippen molar-refractivity contribution in [2.75, 3.05) is 0 Å². The van der Waals surface area contributed by atoms with Crippen molar-refractivity contribution < 1.29 is 29.0 Å². The van der Waals surface area contributed by atoms with Crippen LogP contribution in [0.15, 0.2) is 35.5 Å². The second kappa shape index (κ2) is 6.90. The summed E-state index contributed by atoms with van der Waals surface area (Å²) in [7, 11) is 0. The average Bonchev–Trinajstić information content (AvgIpc) is 2.77. The van der Waals surface area contributed by atoms with Crippen molar-refractivity contribution in [1.29, 1.82) is 0 Å². The lowest BCUT2D eigenvalue weighted by molar-refractivity contribution is -0.235. The van der Waals surface area contributed by atoms with Crippen LogP contribution in [0.4, 0.5) is 0 Å². The summed E-state index contributed by atoms with van der Waals surface area (Å²) in [5, 5.41) is 9.03. The summed E-state index contributed by atoms with van der Waals surface area (Å²) in [4.78, 5) is 36.4. The molecule has 6 heteroatoms. The lowest BCUT2D eigenvalue weighted by atomic mass is 9.62. The Hall–Kier alpha value is -2.37. The number of ether oxygens (including phenoxy) is 2. The number of cyclic esters (lactones) is 1. The molecule has 0 aromatic carbocycles. The van der Waals surface area contributed by atoms with E-state index < -0.39 is 28.6 Å². The van der Waals surface area contributed by atoms with Gasteiger partial charge in [0.1, 0.15) is 16.6 Å². The maximum absolute atomic E-state index is 13.3. The molecule has 0 spiro atoms. The molecule has 1 saturated carbocycles. The van der Waals surface area contributed by atoms with E-state index >= 15 is 0 Å². The van der Waals surface area contributed by atoms with Crippen LogP contribution in [0.2, 0.25) is 0 Å². The molecule has 0 unspecified atom stereocenters. The van der Waals surface area contributed by atoms with Gasteiger partial charge < -0.3 is 14.6 Å². The molecule has 152 valence electrons. The predicted molar refractivity (Wildman–Crippen MR) is 102 cm³/mol. The van der Waals surface area contributed by atoms with E-state index in [2.05, 4.69) is 6.08 Å². The number of hydrogen-bond acceptors (Lipinski definition) is 5. The largest absolute Gasteiger partial charge is 0.478 e. The van der Waals surface area contributed by atoms with Crippen LogP contribution in [0.25, 0.3) is 0 Å². The molecule has 28 heavy (non-hydrogen) atoms. The van der Waals surface area contributed by atoms with Crippen molar-refractivity contribution in [1.82, 2.24) is 0 Å². The highest BCUT2D eigenvalue weighted by Gasteiger charge is 2.74. The van der Waals surface area contributed by atoms with Crippen LogP contribution >= 0.6 is 0 Å². The molecule has 1 N–H and O–H groups in total. The third-order valence-electron chi connectivity index (χ3n) is 6.75. The first kappa shape index (κ1) is 20.4. The summed E-state index contributed by atoms with van der Waals surface area (Å²) in [5.41, 5.74) is -1.35. The van der Waals surface area contributed by atoms with Crippen molar-refractivity contribution in [2.45, 2.75) is 71.0 Å². The number of carboxylic acid groups (broad SMARTS) is 1. The molecular formula is C22H28O6. The van der Waals surface area contributed by atoms with E-state index in [1.165, 1.54) is 25.5 Å². The molecule has 6 nitrogen and oxygen atoms in total. The summed E-state index contributed by atoms with van der Waals surface area (Å²) in [6.45, 7) is 6.75. The molecule has 0 amide bonds. The average molecular weight is 388 g/mol. The molecule has 4 atom stereocenters. The van der Waals surface area contributed by atoms with E-state index in [1.54, 1.807) is 12.2 Å². The monoisotopic (exact) mass is 388 g/mol. The van der Waals surface area contributed by atoms with Crippen LogP contribution in [0, 0.1) is 11.3 Å². The zero-order valence-electron chi connectivity index (χ0n) is 16.9. The van der Waals surface area contributed by atoms with E-state index in [4.69, 9.17) is 14.6 Å². The Morgan fingerprint density at radius 2 is 2.04 bits per heavy atom. The van der Waals surface area contributed by atoms with Gasteiger partial charge in [-0.1, -0.05) is 23.8 Å². The minimum Gasteiger partial charge on any atom is -0.478 e. The molecule has 2 aliphatic carbocycles. The fraction of sp³-hybridized carbons (Fsp3) is 0.591. The van der Waals surface area contributed by atoms with Crippen molar-refractivity contribution in [3.05, 3.63) is 35.5 Å². The lowest BCUT2D eigenvalue weighted by Crippen LogP contribution is -2.65. The van der Waals surface area contributed by atoms with E-state index in [1.807, 2.05) is 13.8 Å². The third kappa shape index (κ3) is 2.99. The number of aliphatic carboxylic acids is 1. The number of hydrogen-bond donors (Lipinski definition) is 1. The molecule has 1 saturated heterocycles. The first-order valence-electron chi connectivity index (χ1n) is 9.74. The van der Waals surface area contributed by atoms with Crippen molar-refractivity contribution >= 4 is 17.9 Å². The third-order valence-corrected chi connectivity index (χ3v) is 6.75. The second-order valence-electron chi connectivity index (χ2n) is 8.50. The number of carboxylic acids is 1. The predicted octanol–water partition coefficient (Wildman–Crippen LogP) is 3.72. The highest BCUT2D eigenvalue weighted by molar-refractivity contribution is 5.86. The zero-order chi connectivity index (χ0) is 20.7.